The first kappa shape index (κ1) is 11.3. The van der Waals surface area contributed by atoms with Gasteiger partial charge in [-0.2, -0.15) is 0 Å². The van der Waals surface area contributed by atoms with Crippen LogP contribution in [0, 0.1) is 0 Å². The number of primary amides is 1. The minimum Gasteiger partial charge on any atom is -0.369 e. The van der Waals surface area contributed by atoms with E-state index in [-0.39, 0.29) is 11.3 Å². The van der Waals surface area contributed by atoms with Gasteiger partial charge in [-0.25, -0.2) is 4.98 Å². The predicted octanol–water partition coefficient (Wildman–Crippen LogP) is 1.51. The highest BCUT2D eigenvalue weighted by Gasteiger charge is 2.47. The number of pyridine rings is 1. The maximum absolute atomic E-state index is 10.9. The first-order valence-corrected chi connectivity index (χ1v) is 6.35. The van der Waals surface area contributed by atoms with Crippen LogP contribution in [0.4, 0.5) is 5.82 Å². The standard InChI is InChI=1S/C14H17N3O/c1-2-9-3-11-13(16-7-9)17-8-14(11)5-10(6-14)4-12(15)18/h3-4,7H,2,5-6,8H2,1H3,(H2,15,18)(H,16,17). The smallest absolute Gasteiger partial charge is 0.241 e. The highest BCUT2D eigenvalue weighted by molar-refractivity contribution is 5.87. The lowest BCUT2D eigenvalue weighted by Gasteiger charge is -2.40. The third-order valence-electron chi connectivity index (χ3n) is 4.00. The van der Waals surface area contributed by atoms with E-state index in [1.165, 1.54) is 11.1 Å². The summed E-state index contributed by atoms with van der Waals surface area (Å²) in [7, 11) is 0. The van der Waals surface area contributed by atoms with Crippen LogP contribution >= 0.6 is 0 Å². The minimum atomic E-state index is -0.341. The van der Waals surface area contributed by atoms with Gasteiger partial charge in [0.15, 0.2) is 0 Å². The van der Waals surface area contributed by atoms with Crippen molar-refractivity contribution in [2.45, 2.75) is 31.6 Å². The van der Waals surface area contributed by atoms with Crippen LogP contribution in [0.2, 0.25) is 0 Å². The summed E-state index contributed by atoms with van der Waals surface area (Å²) >= 11 is 0. The summed E-state index contributed by atoms with van der Waals surface area (Å²) in [5, 5.41) is 3.36. The Morgan fingerprint density at radius 2 is 2.39 bits per heavy atom. The number of aromatic nitrogens is 1. The molecule has 2 heterocycles. The Hall–Kier alpha value is -1.84. The van der Waals surface area contributed by atoms with Gasteiger partial charge >= 0.3 is 0 Å². The molecule has 2 aliphatic rings. The number of anilines is 1. The van der Waals surface area contributed by atoms with E-state index in [2.05, 4.69) is 23.3 Å². The molecule has 4 nitrogen and oxygen atoms in total. The quantitative estimate of drug-likeness (QED) is 0.774. The monoisotopic (exact) mass is 243 g/mol. The maximum atomic E-state index is 10.9. The lowest BCUT2D eigenvalue weighted by Crippen LogP contribution is -2.38. The van der Waals surface area contributed by atoms with E-state index < -0.39 is 0 Å². The molecule has 1 amide bonds. The molecule has 0 unspecified atom stereocenters. The maximum Gasteiger partial charge on any atom is 0.241 e. The fourth-order valence-electron chi connectivity index (χ4n) is 3.03. The number of amides is 1. The molecule has 0 radical (unpaired) electrons. The normalized spacial score (nSPS) is 24.4. The second-order valence-electron chi connectivity index (χ2n) is 5.29. The first-order chi connectivity index (χ1) is 8.63. The lowest BCUT2D eigenvalue weighted by atomic mass is 9.62. The Balaban J connectivity index is 1.90. The van der Waals surface area contributed by atoms with Crippen LogP contribution in [0.25, 0.3) is 0 Å². The molecule has 0 atom stereocenters. The van der Waals surface area contributed by atoms with Crippen molar-refractivity contribution in [1.82, 2.24) is 4.98 Å². The molecule has 3 N–H and O–H groups in total. The van der Waals surface area contributed by atoms with E-state index in [9.17, 15) is 4.79 Å². The third-order valence-corrected chi connectivity index (χ3v) is 4.00. The van der Waals surface area contributed by atoms with Gasteiger partial charge in [-0.3, -0.25) is 4.79 Å². The van der Waals surface area contributed by atoms with Crippen LogP contribution in [0.3, 0.4) is 0 Å². The highest BCUT2D eigenvalue weighted by atomic mass is 16.1. The van der Waals surface area contributed by atoms with Crippen molar-refractivity contribution < 1.29 is 4.79 Å². The number of hydrogen-bond acceptors (Lipinski definition) is 3. The molecule has 0 aromatic carbocycles. The summed E-state index contributed by atoms with van der Waals surface area (Å²) in [5.74, 6) is 0.664. The van der Waals surface area contributed by atoms with Crippen LogP contribution in [-0.2, 0) is 16.6 Å². The topological polar surface area (TPSA) is 68.0 Å². The largest absolute Gasteiger partial charge is 0.369 e. The van der Waals surface area contributed by atoms with Crippen LogP contribution in [0.1, 0.15) is 30.9 Å². The molecule has 1 aliphatic heterocycles. The Morgan fingerprint density at radius 1 is 1.61 bits per heavy atom. The van der Waals surface area contributed by atoms with Gasteiger partial charge in [-0.05, 0) is 30.9 Å². The average molecular weight is 243 g/mol. The second-order valence-corrected chi connectivity index (χ2v) is 5.29. The first-order valence-electron chi connectivity index (χ1n) is 6.35. The number of carbonyl (C=O) groups excluding carboxylic acids is 1. The SMILES string of the molecule is CCc1cnc2c(c1)C1(CN2)CC(=CC(N)=O)C1. The summed E-state index contributed by atoms with van der Waals surface area (Å²) < 4.78 is 0. The molecule has 18 heavy (non-hydrogen) atoms. The molecule has 0 bridgehead atoms. The van der Waals surface area contributed by atoms with Gasteiger partial charge in [0.1, 0.15) is 5.82 Å². The van der Waals surface area contributed by atoms with Crippen LogP contribution < -0.4 is 11.1 Å². The number of aryl methyl sites for hydroxylation is 1. The Labute approximate surface area is 106 Å². The van der Waals surface area contributed by atoms with E-state index in [0.717, 1.165) is 37.2 Å². The molecule has 1 aliphatic carbocycles. The van der Waals surface area contributed by atoms with E-state index >= 15 is 0 Å². The number of allylic oxidation sites excluding steroid dienone is 1. The van der Waals surface area contributed by atoms with E-state index in [0.29, 0.717) is 0 Å². The number of rotatable bonds is 2. The number of fused-ring (bicyclic) bond motifs is 2. The predicted molar refractivity (Wildman–Crippen MR) is 70.3 cm³/mol. The fraction of sp³-hybridized carbons (Fsp3) is 0.429. The van der Waals surface area contributed by atoms with Gasteiger partial charge in [-0.15, -0.1) is 0 Å². The molecule has 94 valence electrons. The molecular weight excluding hydrogens is 226 g/mol. The van der Waals surface area contributed by atoms with E-state index in [1.807, 2.05) is 6.20 Å². The number of nitrogens with two attached hydrogens (primary N) is 1. The van der Waals surface area contributed by atoms with Crippen molar-refractivity contribution in [2.75, 3.05) is 11.9 Å². The summed E-state index contributed by atoms with van der Waals surface area (Å²) in [5.41, 5.74) is 9.06. The molecular formula is C14H17N3O. The molecule has 3 rings (SSSR count). The number of carbonyl (C=O) groups is 1. The van der Waals surface area contributed by atoms with Gasteiger partial charge < -0.3 is 11.1 Å². The zero-order chi connectivity index (χ0) is 12.8. The van der Waals surface area contributed by atoms with Crippen molar-refractivity contribution in [2.24, 2.45) is 5.73 Å². The van der Waals surface area contributed by atoms with Gasteiger partial charge in [0.05, 0.1) is 0 Å². The van der Waals surface area contributed by atoms with E-state index in [1.54, 1.807) is 6.08 Å². The number of nitrogens with one attached hydrogen (secondary N) is 1. The molecule has 1 aromatic heterocycles. The summed E-state index contributed by atoms with van der Waals surface area (Å²) in [6, 6.07) is 2.25. The van der Waals surface area contributed by atoms with Gasteiger partial charge in [-0.1, -0.05) is 12.5 Å². The zero-order valence-corrected chi connectivity index (χ0v) is 10.5. The Morgan fingerprint density at radius 3 is 3.06 bits per heavy atom. The summed E-state index contributed by atoms with van der Waals surface area (Å²) in [6.45, 7) is 3.05. The summed E-state index contributed by atoms with van der Waals surface area (Å²) in [4.78, 5) is 15.3. The number of nitrogens with zero attached hydrogens (tertiary/aromatic N) is 1. The Bertz CT molecular complexity index is 540. The van der Waals surface area contributed by atoms with Gasteiger partial charge in [0, 0.05) is 29.8 Å². The highest BCUT2D eigenvalue weighted by Crippen LogP contribution is 2.52. The minimum absolute atomic E-state index is 0.148. The third kappa shape index (κ3) is 1.60. The van der Waals surface area contributed by atoms with Crippen LogP contribution in [-0.4, -0.2) is 17.4 Å². The number of hydrogen-bond donors (Lipinski definition) is 2. The molecule has 4 heteroatoms. The van der Waals surface area contributed by atoms with Crippen molar-refractivity contribution in [1.29, 1.82) is 0 Å². The van der Waals surface area contributed by atoms with E-state index in [4.69, 9.17) is 5.73 Å². The molecule has 1 aromatic rings. The van der Waals surface area contributed by atoms with Crippen molar-refractivity contribution in [3.05, 3.63) is 35.0 Å². The average Bonchev–Trinajstić information content (AvgIpc) is 2.67. The lowest BCUT2D eigenvalue weighted by molar-refractivity contribution is -0.113. The van der Waals surface area contributed by atoms with Crippen molar-refractivity contribution in [3.63, 3.8) is 0 Å². The van der Waals surface area contributed by atoms with Gasteiger partial charge in [0.25, 0.3) is 0 Å². The molecule has 1 fully saturated rings. The van der Waals surface area contributed by atoms with Crippen LogP contribution in [0.5, 0.6) is 0 Å². The molecule has 1 saturated carbocycles. The summed E-state index contributed by atoms with van der Waals surface area (Å²) in [6.07, 6.45) is 6.35. The Kier molecular flexibility index (Phi) is 2.40. The van der Waals surface area contributed by atoms with Crippen LogP contribution in [0.15, 0.2) is 23.9 Å². The molecule has 0 saturated heterocycles. The second kappa shape index (κ2) is 3.83. The molecule has 1 spiro atoms. The van der Waals surface area contributed by atoms with Gasteiger partial charge in [0.2, 0.25) is 5.91 Å². The zero-order valence-electron chi connectivity index (χ0n) is 10.5. The van der Waals surface area contributed by atoms with Crippen molar-refractivity contribution >= 4 is 11.7 Å². The fourth-order valence-corrected chi connectivity index (χ4v) is 3.03. The van der Waals surface area contributed by atoms with Crippen molar-refractivity contribution in [3.8, 4) is 0 Å².